The lowest BCUT2D eigenvalue weighted by Gasteiger charge is -2.40. The van der Waals surface area contributed by atoms with Crippen LogP contribution in [-0.4, -0.2) is 28.2 Å². The molecule has 0 unspecified atom stereocenters. The molecule has 0 spiro atoms. The van der Waals surface area contributed by atoms with Crippen molar-refractivity contribution in [1.82, 2.24) is 0 Å². The highest BCUT2D eigenvalue weighted by atomic mass is 28.4. The lowest BCUT2D eigenvalue weighted by atomic mass is 9.93. The zero-order valence-electron chi connectivity index (χ0n) is 16.3. The number of nitriles is 1. The summed E-state index contributed by atoms with van der Waals surface area (Å²) in [6.07, 6.45) is -0.571. The van der Waals surface area contributed by atoms with E-state index in [1.165, 1.54) is 7.11 Å². The smallest absolute Gasteiger partial charge is 0.312 e. The Balaban J connectivity index is 2.47. The van der Waals surface area contributed by atoms with Crippen molar-refractivity contribution in [2.24, 2.45) is 5.92 Å². The summed E-state index contributed by atoms with van der Waals surface area (Å²) in [6, 6.07) is 7.58. The number of fused-ring (bicyclic) bond motifs is 1. The number of nitrogens with zero attached hydrogens (tertiary/aromatic N) is 1. The van der Waals surface area contributed by atoms with Crippen LogP contribution in [0.25, 0.3) is 0 Å². The summed E-state index contributed by atoms with van der Waals surface area (Å²) >= 11 is 0. The molecule has 1 heterocycles. The molecule has 2 rings (SSSR count). The number of carbonyl (C=O) groups excluding carboxylic acids is 1. The van der Waals surface area contributed by atoms with Gasteiger partial charge in [0.1, 0.15) is 0 Å². The summed E-state index contributed by atoms with van der Waals surface area (Å²) in [4.78, 5) is 12.4. The number of hydrogen-bond acceptors (Lipinski definition) is 6. The summed E-state index contributed by atoms with van der Waals surface area (Å²) < 4.78 is 22.4. The SMILES string of the molecule is COC(=O)[C@H](CC#N)[C@H](O[Si](C)(C)C(C)(C)C)c1ccc2c(c1)OCO2. The van der Waals surface area contributed by atoms with Gasteiger partial charge in [-0.25, -0.2) is 0 Å². The van der Waals surface area contributed by atoms with Crippen molar-refractivity contribution in [2.45, 2.75) is 51.4 Å². The Morgan fingerprint density at radius 3 is 2.54 bits per heavy atom. The first-order valence-electron chi connectivity index (χ1n) is 8.63. The first-order valence-corrected chi connectivity index (χ1v) is 11.5. The van der Waals surface area contributed by atoms with Gasteiger partial charge < -0.3 is 18.6 Å². The van der Waals surface area contributed by atoms with Gasteiger partial charge in [0, 0.05) is 0 Å². The quantitative estimate of drug-likeness (QED) is 0.547. The second kappa shape index (κ2) is 7.68. The molecule has 1 aliphatic rings. The Morgan fingerprint density at radius 1 is 1.31 bits per heavy atom. The van der Waals surface area contributed by atoms with Crippen molar-refractivity contribution in [1.29, 1.82) is 5.26 Å². The topological polar surface area (TPSA) is 77.8 Å². The van der Waals surface area contributed by atoms with Crippen molar-refractivity contribution in [2.75, 3.05) is 13.9 Å². The number of rotatable bonds is 6. The molecule has 1 aliphatic heterocycles. The fraction of sp³-hybridized carbons (Fsp3) is 0.579. The normalized spacial score (nSPS) is 15.9. The Bertz CT molecular complexity index is 705. The summed E-state index contributed by atoms with van der Waals surface area (Å²) in [7, 11) is -0.887. The molecule has 0 saturated carbocycles. The van der Waals surface area contributed by atoms with Crippen LogP contribution in [0.5, 0.6) is 11.5 Å². The monoisotopic (exact) mass is 377 g/mol. The summed E-state index contributed by atoms with van der Waals surface area (Å²) in [5.74, 6) is 0.119. The molecule has 0 bridgehead atoms. The van der Waals surface area contributed by atoms with Gasteiger partial charge in [0.05, 0.1) is 31.6 Å². The van der Waals surface area contributed by atoms with Crippen LogP contribution >= 0.6 is 0 Å². The zero-order valence-corrected chi connectivity index (χ0v) is 17.3. The number of carbonyl (C=O) groups is 1. The third kappa shape index (κ3) is 4.19. The number of methoxy groups -OCH3 is 1. The molecule has 7 heteroatoms. The first-order chi connectivity index (χ1) is 12.1. The second-order valence-corrected chi connectivity index (χ2v) is 12.7. The van der Waals surface area contributed by atoms with Gasteiger partial charge in [0.15, 0.2) is 19.8 Å². The average Bonchev–Trinajstić information content (AvgIpc) is 3.03. The highest BCUT2D eigenvalue weighted by molar-refractivity contribution is 6.74. The first kappa shape index (κ1) is 20.3. The van der Waals surface area contributed by atoms with Gasteiger partial charge in [-0.2, -0.15) is 5.26 Å². The fourth-order valence-electron chi connectivity index (χ4n) is 2.53. The summed E-state index contributed by atoms with van der Waals surface area (Å²) in [5.41, 5.74) is 0.782. The van der Waals surface area contributed by atoms with E-state index in [2.05, 4.69) is 39.9 Å². The number of ether oxygens (including phenoxy) is 3. The predicted molar refractivity (Wildman–Crippen MR) is 99.3 cm³/mol. The predicted octanol–water partition coefficient (Wildman–Crippen LogP) is 4.18. The number of hydrogen-bond donors (Lipinski definition) is 0. The maximum atomic E-state index is 12.4. The molecular formula is C19H27NO5Si. The van der Waals surface area contributed by atoms with Crippen LogP contribution < -0.4 is 9.47 Å². The average molecular weight is 378 g/mol. The minimum absolute atomic E-state index is 0.0143. The van der Waals surface area contributed by atoms with E-state index in [1.54, 1.807) is 6.07 Å². The summed E-state index contributed by atoms with van der Waals surface area (Å²) in [5, 5.41) is 9.20. The third-order valence-electron chi connectivity index (χ3n) is 5.13. The van der Waals surface area contributed by atoms with Gasteiger partial charge in [0.2, 0.25) is 6.79 Å². The van der Waals surface area contributed by atoms with Crippen LogP contribution in [0.15, 0.2) is 18.2 Å². The van der Waals surface area contributed by atoms with Crippen LogP contribution in [0.4, 0.5) is 0 Å². The van der Waals surface area contributed by atoms with Gasteiger partial charge in [-0.05, 0) is 35.8 Å². The molecule has 0 amide bonds. The van der Waals surface area contributed by atoms with Gasteiger partial charge in [-0.3, -0.25) is 4.79 Å². The van der Waals surface area contributed by atoms with E-state index in [0.29, 0.717) is 11.5 Å². The maximum absolute atomic E-state index is 12.4. The fourth-order valence-corrected chi connectivity index (χ4v) is 3.82. The van der Waals surface area contributed by atoms with Crippen LogP contribution in [0.3, 0.4) is 0 Å². The number of benzene rings is 1. The Hall–Kier alpha value is -2.04. The molecule has 0 aromatic heterocycles. The van der Waals surface area contributed by atoms with E-state index < -0.39 is 26.3 Å². The van der Waals surface area contributed by atoms with E-state index in [4.69, 9.17) is 18.6 Å². The maximum Gasteiger partial charge on any atom is 0.312 e. The van der Waals surface area contributed by atoms with Crippen LogP contribution in [0.2, 0.25) is 18.1 Å². The molecule has 0 N–H and O–H groups in total. The molecule has 0 aliphatic carbocycles. The van der Waals surface area contributed by atoms with Crippen molar-refractivity contribution >= 4 is 14.3 Å². The van der Waals surface area contributed by atoms with Gasteiger partial charge >= 0.3 is 5.97 Å². The molecular weight excluding hydrogens is 350 g/mol. The Kier molecular flexibility index (Phi) is 5.99. The van der Waals surface area contributed by atoms with Crippen molar-refractivity contribution in [3.8, 4) is 17.6 Å². The minimum Gasteiger partial charge on any atom is -0.469 e. The molecule has 142 valence electrons. The van der Waals surface area contributed by atoms with Gasteiger partial charge in [-0.1, -0.05) is 26.8 Å². The molecule has 0 saturated heterocycles. The number of esters is 1. The largest absolute Gasteiger partial charge is 0.469 e. The van der Waals surface area contributed by atoms with E-state index >= 15 is 0 Å². The van der Waals surface area contributed by atoms with E-state index in [0.717, 1.165) is 5.56 Å². The lowest BCUT2D eigenvalue weighted by molar-refractivity contribution is -0.149. The van der Waals surface area contributed by atoms with E-state index in [1.807, 2.05) is 12.1 Å². The Morgan fingerprint density at radius 2 is 1.96 bits per heavy atom. The Labute approximate surface area is 156 Å². The second-order valence-electron chi connectivity index (χ2n) is 7.90. The highest BCUT2D eigenvalue weighted by Crippen LogP contribution is 2.44. The molecule has 0 radical (unpaired) electrons. The molecule has 2 atom stereocenters. The highest BCUT2D eigenvalue weighted by Gasteiger charge is 2.43. The zero-order chi connectivity index (χ0) is 19.5. The van der Waals surface area contributed by atoms with Crippen LogP contribution in [0.1, 0.15) is 38.9 Å². The van der Waals surface area contributed by atoms with E-state index in [-0.39, 0.29) is 18.3 Å². The molecule has 0 fully saturated rings. The van der Waals surface area contributed by atoms with Crippen molar-refractivity contribution in [3.05, 3.63) is 23.8 Å². The molecule has 26 heavy (non-hydrogen) atoms. The molecule has 1 aromatic carbocycles. The third-order valence-corrected chi connectivity index (χ3v) is 9.59. The molecule has 6 nitrogen and oxygen atoms in total. The van der Waals surface area contributed by atoms with E-state index in [9.17, 15) is 10.1 Å². The van der Waals surface area contributed by atoms with Gasteiger partial charge in [0.25, 0.3) is 0 Å². The van der Waals surface area contributed by atoms with Gasteiger partial charge in [-0.15, -0.1) is 0 Å². The van der Waals surface area contributed by atoms with Crippen LogP contribution in [-0.2, 0) is 14.0 Å². The summed E-state index contributed by atoms with van der Waals surface area (Å²) in [6.45, 7) is 10.8. The lowest BCUT2D eigenvalue weighted by Crippen LogP contribution is -2.44. The molecule has 1 aromatic rings. The van der Waals surface area contributed by atoms with Crippen LogP contribution in [0, 0.1) is 17.2 Å². The van der Waals surface area contributed by atoms with Crippen molar-refractivity contribution in [3.63, 3.8) is 0 Å². The minimum atomic E-state index is -2.22. The van der Waals surface area contributed by atoms with Crippen molar-refractivity contribution < 1.29 is 23.4 Å². The standard InChI is InChI=1S/C19H27NO5Si/c1-19(2,3)26(5,6)25-17(14(9-10-20)18(21)22-4)13-7-8-15-16(11-13)24-12-23-15/h7-8,11,14,17H,9,12H2,1-6H3/t14-,17-/m1/s1.